The molecule has 3 heterocycles. The minimum atomic E-state index is -0.107. The summed E-state index contributed by atoms with van der Waals surface area (Å²) in [5.74, 6) is 0.817. The fourth-order valence-corrected chi connectivity index (χ4v) is 4.15. The van der Waals surface area contributed by atoms with Crippen LogP contribution in [0.25, 0.3) is 0 Å². The average Bonchev–Trinajstić information content (AvgIpc) is 3.14. The second-order valence-corrected chi connectivity index (χ2v) is 7.16. The molecule has 0 N–H and O–H groups in total. The quantitative estimate of drug-likeness (QED) is 0.818. The van der Waals surface area contributed by atoms with Gasteiger partial charge in [0.15, 0.2) is 0 Å². The summed E-state index contributed by atoms with van der Waals surface area (Å²) in [5.41, 5.74) is 0.585. The first-order valence-corrected chi connectivity index (χ1v) is 9.22. The van der Waals surface area contributed by atoms with E-state index in [1.54, 1.807) is 18.7 Å². The van der Waals surface area contributed by atoms with Crippen LogP contribution < -0.4 is 10.4 Å². The van der Waals surface area contributed by atoms with Crippen molar-refractivity contribution in [2.24, 2.45) is 7.05 Å². The summed E-state index contributed by atoms with van der Waals surface area (Å²) in [7, 11) is 3.21. The van der Waals surface area contributed by atoms with E-state index < -0.39 is 0 Å². The van der Waals surface area contributed by atoms with Crippen LogP contribution in [-0.2, 0) is 13.6 Å². The first-order chi connectivity index (χ1) is 12.0. The van der Waals surface area contributed by atoms with Gasteiger partial charge in [0.05, 0.1) is 12.8 Å². The van der Waals surface area contributed by atoms with Crippen LogP contribution in [0.3, 0.4) is 0 Å². The number of rotatable bonds is 4. The van der Waals surface area contributed by atoms with E-state index in [1.165, 1.54) is 16.0 Å². The fraction of sp³-hybridized carbons (Fsp3) is 0.625. The van der Waals surface area contributed by atoms with Crippen molar-refractivity contribution in [1.82, 2.24) is 24.2 Å². The maximum absolute atomic E-state index is 12.9. The summed E-state index contributed by atoms with van der Waals surface area (Å²) in [5, 5.41) is 4.90. The Morgan fingerprint density at radius 3 is 2.84 bits per heavy atom. The molecule has 1 saturated heterocycles. The van der Waals surface area contributed by atoms with E-state index in [0.29, 0.717) is 35.4 Å². The molecule has 0 radical (unpaired) electrons. The molecule has 136 valence electrons. The molecular weight excluding hydrogens is 342 g/mol. The van der Waals surface area contributed by atoms with Gasteiger partial charge in [-0.3, -0.25) is 9.36 Å². The monoisotopic (exact) mass is 365 g/mol. The summed E-state index contributed by atoms with van der Waals surface area (Å²) in [6, 6.07) is 0. The van der Waals surface area contributed by atoms with Crippen molar-refractivity contribution in [3.8, 4) is 5.19 Å². The van der Waals surface area contributed by atoms with Gasteiger partial charge < -0.3 is 9.64 Å². The molecule has 2 aromatic heterocycles. The van der Waals surface area contributed by atoms with Gasteiger partial charge in [0, 0.05) is 32.6 Å². The van der Waals surface area contributed by atoms with Gasteiger partial charge in [-0.2, -0.15) is 5.10 Å². The SMILES string of the molecule is CCn1c([C@H]2CCCN(C(=O)c3sc(OC)nc3C)C2)nn(C)c1=O. The fourth-order valence-electron chi connectivity index (χ4n) is 3.30. The lowest BCUT2D eigenvalue weighted by molar-refractivity contribution is 0.0707. The first-order valence-electron chi connectivity index (χ1n) is 8.40. The summed E-state index contributed by atoms with van der Waals surface area (Å²) in [4.78, 5) is 31.8. The van der Waals surface area contributed by atoms with Gasteiger partial charge in [0.2, 0.25) is 0 Å². The molecule has 0 aliphatic carbocycles. The van der Waals surface area contributed by atoms with Crippen LogP contribution in [0.1, 0.15) is 46.9 Å². The number of piperidine rings is 1. The highest BCUT2D eigenvalue weighted by atomic mass is 32.1. The summed E-state index contributed by atoms with van der Waals surface area (Å²) in [6.45, 7) is 5.61. The van der Waals surface area contributed by atoms with Crippen LogP contribution in [0.5, 0.6) is 5.19 Å². The highest BCUT2D eigenvalue weighted by molar-refractivity contribution is 7.15. The van der Waals surface area contributed by atoms with Gasteiger partial charge in [-0.1, -0.05) is 11.3 Å². The molecule has 9 heteroatoms. The van der Waals surface area contributed by atoms with E-state index in [1.807, 2.05) is 18.7 Å². The third-order valence-corrected chi connectivity index (χ3v) is 5.68. The Kier molecular flexibility index (Phi) is 4.94. The van der Waals surface area contributed by atoms with E-state index in [-0.39, 0.29) is 17.5 Å². The number of methoxy groups -OCH3 is 1. The summed E-state index contributed by atoms with van der Waals surface area (Å²) >= 11 is 1.27. The number of likely N-dealkylation sites (tertiary alicyclic amines) is 1. The number of ether oxygens (including phenoxy) is 1. The minimum Gasteiger partial charge on any atom is -0.473 e. The Balaban J connectivity index is 1.84. The van der Waals surface area contributed by atoms with E-state index in [4.69, 9.17) is 4.74 Å². The summed E-state index contributed by atoms with van der Waals surface area (Å²) in [6.07, 6.45) is 1.81. The zero-order valence-electron chi connectivity index (χ0n) is 15.0. The molecule has 1 amide bonds. The Morgan fingerprint density at radius 1 is 1.44 bits per heavy atom. The molecule has 2 aromatic rings. The van der Waals surface area contributed by atoms with Crippen molar-refractivity contribution in [2.45, 2.75) is 39.2 Å². The molecule has 1 fully saturated rings. The van der Waals surface area contributed by atoms with Crippen LogP contribution in [0.4, 0.5) is 0 Å². The maximum Gasteiger partial charge on any atom is 0.345 e. The van der Waals surface area contributed by atoms with Crippen LogP contribution in [0.15, 0.2) is 4.79 Å². The molecule has 0 saturated carbocycles. The molecular formula is C16H23N5O3S. The second kappa shape index (κ2) is 6.99. The lowest BCUT2D eigenvalue weighted by atomic mass is 9.97. The molecule has 1 atom stereocenters. The molecule has 0 unspecified atom stereocenters. The predicted molar refractivity (Wildman–Crippen MR) is 94.4 cm³/mol. The molecule has 3 rings (SSSR count). The average molecular weight is 365 g/mol. The van der Waals surface area contributed by atoms with Gasteiger partial charge in [0.25, 0.3) is 11.1 Å². The third-order valence-electron chi connectivity index (χ3n) is 4.57. The molecule has 0 aromatic carbocycles. The van der Waals surface area contributed by atoms with Crippen molar-refractivity contribution in [2.75, 3.05) is 20.2 Å². The number of hydrogen-bond donors (Lipinski definition) is 0. The van der Waals surface area contributed by atoms with Gasteiger partial charge >= 0.3 is 5.69 Å². The minimum absolute atomic E-state index is 0.0238. The highest BCUT2D eigenvalue weighted by Crippen LogP contribution is 2.30. The number of aromatic nitrogens is 4. The highest BCUT2D eigenvalue weighted by Gasteiger charge is 2.31. The lowest BCUT2D eigenvalue weighted by Gasteiger charge is -2.32. The molecule has 1 aliphatic rings. The molecule has 0 bridgehead atoms. The molecule has 8 nitrogen and oxygen atoms in total. The summed E-state index contributed by atoms with van der Waals surface area (Å²) < 4.78 is 8.20. The van der Waals surface area contributed by atoms with Crippen molar-refractivity contribution < 1.29 is 9.53 Å². The van der Waals surface area contributed by atoms with Gasteiger partial charge in [-0.15, -0.1) is 0 Å². The Morgan fingerprint density at radius 2 is 2.20 bits per heavy atom. The number of carbonyl (C=O) groups excluding carboxylic acids is 1. The number of aryl methyl sites for hydroxylation is 2. The Bertz CT molecular complexity index is 837. The van der Waals surface area contributed by atoms with E-state index in [0.717, 1.165) is 18.7 Å². The maximum atomic E-state index is 12.9. The molecule has 25 heavy (non-hydrogen) atoms. The molecule has 1 aliphatic heterocycles. The van der Waals surface area contributed by atoms with Crippen LogP contribution in [0, 0.1) is 6.92 Å². The Labute approximate surface area is 150 Å². The Hall–Kier alpha value is -2.16. The zero-order valence-corrected chi connectivity index (χ0v) is 15.8. The number of thiazole rings is 1. The van der Waals surface area contributed by atoms with Gasteiger partial charge in [-0.25, -0.2) is 14.5 Å². The van der Waals surface area contributed by atoms with Crippen LogP contribution >= 0.6 is 11.3 Å². The van der Waals surface area contributed by atoms with Gasteiger partial charge in [0.1, 0.15) is 10.7 Å². The van der Waals surface area contributed by atoms with Crippen molar-refractivity contribution in [3.05, 3.63) is 26.9 Å². The van der Waals surface area contributed by atoms with Crippen LogP contribution in [-0.4, -0.2) is 50.3 Å². The van der Waals surface area contributed by atoms with Gasteiger partial charge in [-0.05, 0) is 26.7 Å². The normalized spacial score (nSPS) is 17.8. The zero-order chi connectivity index (χ0) is 18.1. The van der Waals surface area contributed by atoms with E-state index in [2.05, 4.69) is 10.1 Å². The van der Waals surface area contributed by atoms with E-state index >= 15 is 0 Å². The van der Waals surface area contributed by atoms with Crippen molar-refractivity contribution >= 4 is 17.2 Å². The third kappa shape index (κ3) is 3.20. The second-order valence-electron chi connectivity index (χ2n) is 6.20. The first kappa shape index (κ1) is 17.7. The number of nitrogens with zero attached hydrogens (tertiary/aromatic N) is 5. The largest absolute Gasteiger partial charge is 0.473 e. The van der Waals surface area contributed by atoms with Crippen molar-refractivity contribution in [3.63, 3.8) is 0 Å². The smallest absolute Gasteiger partial charge is 0.345 e. The van der Waals surface area contributed by atoms with Crippen LogP contribution in [0.2, 0.25) is 0 Å². The van der Waals surface area contributed by atoms with E-state index in [9.17, 15) is 9.59 Å². The molecule has 0 spiro atoms. The predicted octanol–water partition coefficient (Wildman–Crippen LogP) is 1.40. The standard InChI is InChI=1S/C16H23N5O3S/c1-5-21-13(18-19(3)16(21)23)11-7-6-8-20(9-11)14(22)12-10(2)17-15(24-4)25-12/h11H,5-9H2,1-4H3/t11-/m0/s1. The van der Waals surface area contributed by atoms with Crippen molar-refractivity contribution in [1.29, 1.82) is 0 Å². The topological polar surface area (TPSA) is 82.2 Å². The number of carbonyl (C=O) groups is 1. The number of amides is 1. The lowest BCUT2D eigenvalue weighted by Crippen LogP contribution is -2.40. The number of hydrogen-bond acceptors (Lipinski definition) is 6.